The number of rotatable bonds is 3. The summed E-state index contributed by atoms with van der Waals surface area (Å²) in [6.07, 6.45) is 8.56. The average molecular weight is 323 g/mol. The molecule has 3 N–H and O–H groups in total. The number of fused-ring (bicyclic) bond motifs is 1. The van der Waals surface area contributed by atoms with E-state index in [1.807, 2.05) is 0 Å². The third-order valence-electron chi connectivity index (χ3n) is 5.12. The number of hydrogen-bond acceptors (Lipinski definition) is 2. The lowest BCUT2D eigenvalue weighted by atomic mass is 9.82. The highest BCUT2D eigenvalue weighted by Gasteiger charge is 2.26. The molecule has 3 unspecified atom stereocenters. The van der Waals surface area contributed by atoms with Gasteiger partial charge in [-0.2, -0.15) is 0 Å². The Kier molecular flexibility index (Phi) is 6.27. The molecule has 0 bridgehead atoms. The fourth-order valence-corrected chi connectivity index (χ4v) is 3.89. The van der Waals surface area contributed by atoms with Crippen LogP contribution in [0.25, 0.3) is 0 Å². The van der Waals surface area contributed by atoms with E-state index in [4.69, 9.17) is 5.73 Å². The summed E-state index contributed by atoms with van der Waals surface area (Å²) in [4.78, 5) is 12.4. The first-order valence-corrected chi connectivity index (χ1v) is 8.37. The molecule has 2 aliphatic rings. The molecule has 3 nitrogen and oxygen atoms in total. The molecular formula is C18H27ClN2O. The van der Waals surface area contributed by atoms with Crippen LogP contribution in [0.3, 0.4) is 0 Å². The van der Waals surface area contributed by atoms with Gasteiger partial charge in [-0.1, -0.05) is 37.1 Å². The predicted octanol–water partition coefficient (Wildman–Crippen LogP) is 3.51. The molecule has 3 rings (SSSR count). The normalized spacial score (nSPS) is 27.4. The molecule has 0 spiro atoms. The summed E-state index contributed by atoms with van der Waals surface area (Å²) in [6.45, 7) is 0. The van der Waals surface area contributed by atoms with Gasteiger partial charge in [0.25, 0.3) is 0 Å². The SMILES string of the molecule is Cl.NC1CCCCC1CC(=O)NC1CCCc2ccccc21. The van der Waals surface area contributed by atoms with Crippen LogP contribution in [0.4, 0.5) is 0 Å². The van der Waals surface area contributed by atoms with Crippen LogP contribution in [-0.4, -0.2) is 11.9 Å². The van der Waals surface area contributed by atoms with Crippen molar-refractivity contribution in [2.45, 2.75) is 63.5 Å². The molecule has 1 amide bonds. The summed E-state index contributed by atoms with van der Waals surface area (Å²) >= 11 is 0. The zero-order valence-corrected chi connectivity index (χ0v) is 13.9. The first-order chi connectivity index (χ1) is 10.2. The van der Waals surface area contributed by atoms with E-state index in [0.717, 1.165) is 32.1 Å². The number of hydrogen-bond donors (Lipinski definition) is 2. The van der Waals surface area contributed by atoms with Gasteiger partial charge >= 0.3 is 0 Å². The van der Waals surface area contributed by atoms with E-state index in [0.29, 0.717) is 12.3 Å². The molecule has 0 saturated heterocycles. The van der Waals surface area contributed by atoms with E-state index in [-0.39, 0.29) is 30.4 Å². The minimum absolute atomic E-state index is 0. The maximum atomic E-state index is 12.4. The van der Waals surface area contributed by atoms with E-state index in [1.54, 1.807) is 0 Å². The van der Waals surface area contributed by atoms with Crippen molar-refractivity contribution in [1.29, 1.82) is 0 Å². The van der Waals surface area contributed by atoms with Gasteiger partial charge in [-0.15, -0.1) is 12.4 Å². The number of benzene rings is 1. The molecular weight excluding hydrogens is 296 g/mol. The van der Waals surface area contributed by atoms with E-state index >= 15 is 0 Å². The van der Waals surface area contributed by atoms with Gasteiger partial charge in [0.2, 0.25) is 5.91 Å². The van der Waals surface area contributed by atoms with Gasteiger partial charge in [-0.3, -0.25) is 4.79 Å². The lowest BCUT2D eigenvalue weighted by Gasteiger charge is -2.30. The molecule has 1 aromatic rings. The molecule has 0 heterocycles. The van der Waals surface area contributed by atoms with E-state index in [2.05, 4.69) is 29.6 Å². The minimum Gasteiger partial charge on any atom is -0.349 e. The van der Waals surface area contributed by atoms with Crippen molar-refractivity contribution in [3.63, 3.8) is 0 Å². The van der Waals surface area contributed by atoms with Crippen molar-refractivity contribution >= 4 is 18.3 Å². The van der Waals surface area contributed by atoms with Gasteiger partial charge in [0.1, 0.15) is 0 Å². The van der Waals surface area contributed by atoms with E-state index in [9.17, 15) is 4.79 Å². The highest BCUT2D eigenvalue weighted by atomic mass is 35.5. The van der Waals surface area contributed by atoms with E-state index < -0.39 is 0 Å². The number of nitrogens with one attached hydrogen (secondary N) is 1. The average Bonchev–Trinajstić information content (AvgIpc) is 2.50. The lowest BCUT2D eigenvalue weighted by Crippen LogP contribution is -2.38. The fraction of sp³-hybridized carbons (Fsp3) is 0.611. The van der Waals surface area contributed by atoms with Crippen LogP contribution in [0.1, 0.15) is 62.1 Å². The first kappa shape index (κ1) is 17.3. The maximum absolute atomic E-state index is 12.4. The van der Waals surface area contributed by atoms with Crippen molar-refractivity contribution in [2.24, 2.45) is 11.7 Å². The van der Waals surface area contributed by atoms with Crippen LogP contribution < -0.4 is 11.1 Å². The van der Waals surface area contributed by atoms with Crippen LogP contribution in [0.5, 0.6) is 0 Å². The molecule has 0 aliphatic heterocycles. The summed E-state index contributed by atoms with van der Waals surface area (Å²) in [7, 11) is 0. The van der Waals surface area contributed by atoms with Gasteiger partial charge in [0.05, 0.1) is 6.04 Å². The maximum Gasteiger partial charge on any atom is 0.220 e. The van der Waals surface area contributed by atoms with Gasteiger partial charge in [-0.25, -0.2) is 0 Å². The summed E-state index contributed by atoms with van der Waals surface area (Å²) in [6, 6.07) is 8.91. The van der Waals surface area contributed by atoms with Crippen molar-refractivity contribution in [2.75, 3.05) is 0 Å². The summed E-state index contributed by atoms with van der Waals surface area (Å²) in [5.41, 5.74) is 8.86. The molecule has 122 valence electrons. The number of amides is 1. The monoisotopic (exact) mass is 322 g/mol. The Balaban J connectivity index is 0.00000176. The lowest BCUT2D eigenvalue weighted by molar-refractivity contribution is -0.123. The van der Waals surface area contributed by atoms with Crippen molar-refractivity contribution in [1.82, 2.24) is 5.32 Å². The molecule has 1 fully saturated rings. The van der Waals surface area contributed by atoms with Crippen LogP contribution in [0, 0.1) is 5.92 Å². The molecule has 2 aliphatic carbocycles. The molecule has 22 heavy (non-hydrogen) atoms. The fourth-order valence-electron chi connectivity index (χ4n) is 3.89. The highest BCUT2D eigenvalue weighted by Crippen LogP contribution is 2.30. The number of carbonyl (C=O) groups is 1. The van der Waals surface area contributed by atoms with Crippen molar-refractivity contribution < 1.29 is 4.79 Å². The van der Waals surface area contributed by atoms with Crippen molar-refractivity contribution in [3.8, 4) is 0 Å². The molecule has 4 heteroatoms. The van der Waals surface area contributed by atoms with Gasteiger partial charge in [-0.05, 0) is 49.1 Å². The largest absolute Gasteiger partial charge is 0.349 e. The number of carbonyl (C=O) groups excluding carboxylic acids is 1. The summed E-state index contributed by atoms with van der Waals surface area (Å²) in [5, 5.41) is 3.25. The number of aryl methyl sites for hydroxylation is 1. The zero-order chi connectivity index (χ0) is 14.7. The van der Waals surface area contributed by atoms with E-state index in [1.165, 1.54) is 24.0 Å². The molecule has 3 atom stereocenters. The Labute approximate surface area is 139 Å². The third kappa shape index (κ3) is 4.02. The Morgan fingerprint density at radius 3 is 2.73 bits per heavy atom. The van der Waals surface area contributed by atoms with Crippen LogP contribution >= 0.6 is 12.4 Å². The van der Waals surface area contributed by atoms with Crippen LogP contribution in [0.2, 0.25) is 0 Å². The summed E-state index contributed by atoms with van der Waals surface area (Å²) < 4.78 is 0. The predicted molar refractivity (Wildman–Crippen MR) is 92.1 cm³/mol. The standard InChI is InChI=1S/C18H26N2O.ClH/c19-16-10-4-2-7-14(16)12-18(21)20-17-11-5-8-13-6-1-3-9-15(13)17;/h1,3,6,9,14,16-17H,2,4-5,7-8,10-12,19H2,(H,20,21);1H. The molecule has 0 aromatic heterocycles. The molecule has 1 saturated carbocycles. The second-order valence-corrected chi connectivity index (χ2v) is 6.62. The van der Waals surface area contributed by atoms with Gasteiger partial charge < -0.3 is 11.1 Å². The molecule has 1 aromatic carbocycles. The quantitative estimate of drug-likeness (QED) is 0.894. The molecule has 0 radical (unpaired) electrons. The van der Waals surface area contributed by atoms with Gasteiger partial charge in [0.15, 0.2) is 0 Å². The van der Waals surface area contributed by atoms with Crippen LogP contribution in [-0.2, 0) is 11.2 Å². The third-order valence-corrected chi connectivity index (χ3v) is 5.12. The summed E-state index contributed by atoms with van der Waals surface area (Å²) in [5.74, 6) is 0.552. The Hall–Kier alpha value is -1.06. The second-order valence-electron chi connectivity index (χ2n) is 6.62. The second kappa shape index (κ2) is 7.98. The Morgan fingerprint density at radius 2 is 1.91 bits per heavy atom. The Morgan fingerprint density at radius 1 is 1.14 bits per heavy atom. The smallest absolute Gasteiger partial charge is 0.220 e. The Bertz CT molecular complexity index is 506. The van der Waals surface area contributed by atoms with Crippen LogP contribution in [0.15, 0.2) is 24.3 Å². The van der Waals surface area contributed by atoms with Gasteiger partial charge in [0, 0.05) is 12.5 Å². The minimum atomic E-state index is 0. The number of halogens is 1. The highest BCUT2D eigenvalue weighted by molar-refractivity contribution is 5.85. The first-order valence-electron chi connectivity index (χ1n) is 8.37. The number of nitrogens with two attached hydrogens (primary N) is 1. The van der Waals surface area contributed by atoms with Crippen molar-refractivity contribution in [3.05, 3.63) is 35.4 Å². The zero-order valence-electron chi connectivity index (χ0n) is 13.1. The topological polar surface area (TPSA) is 55.1 Å².